The van der Waals surface area contributed by atoms with Crippen molar-refractivity contribution >= 4 is 11.6 Å². The van der Waals surface area contributed by atoms with Crippen LogP contribution in [-0.2, 0) is 0 Å². The van der Waals surface area contributed by atoms with E-state index in [-0.39, 0.29) is 5.56 Å². The molecule has 2 aromatic carbocycles. The average Bonchev–Trinajstić information content (AvgIpc) is 2.80. The fraction of sp³-hybridized carbons (Fsp3) is 0.154. The molecule has 162 valence electrons. The molecular weight excluding hydrogens is 422 g/mol. The van der Waals surface area contributed by atoms with Crippen LogP contribution < -0.4 is 10.3 Å². The fourth-order valence-electron chi connectivity index (χ4n) is 3.56. The normalized spacial score (nSPS) is 11.0. The molecule has 0 fully saturated rings. The van der Waals surface area contributed by atoms with Crippen LogP contribution in [0, 0.1) is 0 Å². The molecule has 0 amide bonds. The van der Waals surface area contributed by atoms with Crippen molar-refractivity contribution in [3.05, 3.63) is 94.5 Å². The first-order valence-corrected chi connectivity index (χ1v) is 10.7. The van der Waals surface area contributed by atoms with E-state index in [0.717, 1.165) is 34.7 Å². The van der Waals surface area contributed by atoms with Gasteiger partial charge in [0.2, 0.25) is 0 Å². The number of halogens is 1. The molecule has 0 aliphatic carbocycles. The van der Waals surface area contributed by atoms with Crippen molar-refractivity contribution in [1.82, 2.24) is 14.9 Å². The first-order chi connectivity index (χ1) is 15.5. The van der Waals surface area contributed by atoms with Crippen LogP contribution in [0.1, 0.15) is 0 Å². The standard InChI is InChI=1S/C26H24ClN3O2/c1-30(2)14-15-32-19-9-7-8-18(16-19)24-21(23-12-5-6-13-28-23)17-29-26(31)25(24)20-10-3-4-11-22(20)27/h3-13,16-17H,14-15H2,1-2H3,(H,29,31). The second kappa shape index (κ2) is 9.81. The van der Waals surface area contributed by atoms with Crippen LogP contribution >= 0.6 is 11.6 Å². The van der Waals surface area contributed by atoms with Gasteiger partial charge in [-0.25, -0.2) is 0 Å². The monoisotopic (exact) mass is 445 g/mol. The Morgan fingerprint density at radius 1 is 0.969 bits per heavy atom. The van der Waals surface area contributed by atoms with Crippen molar-refractivity contribution in [3.63, 3.8) is 0 Å². The molecule has 0 radical (unpaired) electrons. The lowest BCUT2D eigenvalue weighted by atomic mass is 9.91. The number of hydrogen-bond donors (Lipinski definition) is 1. The van der Waals surface area contributed by atoms with E-state index in [9.17, 15) is 4.79 Å². The maximum atomic E-state index is 13.1. The summed E-state index contributed by atoms with van der Waals surface area (Å²) >= 11 is 6.52. The molecule has 6 heteroatoms. The highest BCUT2D eigenvalue weighted by atomic mass is 35.5. The van der Waals surface area contributed by atoms with Crippen LogP contribution in [0.15, 0.2) is 83.9 Å². The summed E-state index contributed by atoms with van der Waals surface area (Å²) < 4.78 is 5.95. The summed E-state index contributed by atoms with van der Waals surface area (Å²) in [5.74, 6) is 0.738. The molecule has 0 atom stereocenters. The summed E-state index contributed by atoms with van der Waals surface area (Å²) in [6, 6.07) is 20.9. The summed E-state index contributed by atoms with van der Waals surface area (Å²) in [6.45, 7) is 1.37. The van der Waals surface area contributed by atoms with Crippen molar-refractivity contribution in [3.8, 4) is 39.3 Å². The van der Waals surface area contributed by atoms with Crippen LogP contribution in [0.3, 0.4) is 0 Å². The Kier molecular flexibility index (Phi) is 6.69. The summed E-state index contributed by atoms with van der Waals surface area (Å²) in [4.78, 5) is 22.6. The summed E-state index contributed by atoms with van der Waals surface area (Å²) in [5.41, 5.74) is 4.14. The molecular formula is C26H24ClN3O2. The van der Waals surface area contributed by atoms with E-state index >= 15 is 0 Å². The van der Waals surface area contributed by atoms with E-state index in [1.54, 1.807) is 18.5 Å². The lowest BCUT2D eigenvalue weighted by Crippen LogP contribution is -2.19. The van der Waals surface area contributed by atoms with Crippen LogP contribution in [0.4, 0.5) is 0 Å². The number of rotatable bonds is 7. The molecule has 0 saturated heterocycles. The number of nitrogens with one attached hydrogen (secondary N) is 1. The van der Waals surface area contributed by atoms with Crippen LogP contribution in [0.2, 0.25) is 5.02 Å². The van der Waals surface area contributed by atoms with E-state index in [4.69, 9.17) is 16.3 Å². The third-order valence-electron chi connectivity index (χ3n) is 5.11. The van der Waals surface area contributed by atoms with Gasteiger partial charge < -0.3 is 14.6 Å². The van der Waals surface area contributed by atoms with Crippen LogP contribution in [-0.4, -0.2) is 42.1 Å². The maximum absolute atomic E-state index is 13.1. The molecule has 4 rings (SSSR count). The third kappa shape index (κ3) is 4.74. The number of benzene rings is 2. The van der Waals surface area contributed by atoms with Gasteiger partial charge in [-0.15, -0.1) is 0 Å². The van der Waals surface area contributed by atoms with Gasteiger partial charge in [0.15, 0.2) is 0 Å². The van der Waals surface area contributed by atoms with Crippen molar-refractivity contribution in [2.45, 2.75) is 0 Å². The summed E-state index contributed by atoms with van der Waals surface area (Å²) in [5, 5.41) is 0.510. The minimum Gasteiger partial charge on any atom is -0.492 e. The number of likely N-dealkylation sites (N-methyl/N-ethyl adjacent to an activating group) is 1. The minimum atomic E-state index is -0.216. The van der Waals surface area contributed by atoms with E-state index in [1.165, 1.54) is 0 Å². The molecule has 0 aliphatic rings. The number of H-pyrrole nitrogens is 1. The van der Waals surface area contributed by atoms with Gasteiger partial charge in [-0.1, -0.05) is 48.0 Å². The zero-order valence-corrected chi connectivity index (χ0v) is 18.8. The van der Waals surface area contributed by atoms with Gasteiger partial charge in [0.25, 0.3) is 5.56 Å². The van der Waals surface area contributed by atoms with Crippen LogP contribution in [0.25, 0.3) is 33.5 Å². The number of aromatic amines is 1. The second-order valence-electron chi connectivity index (χ2n) is 7.66. The Labute approximate surface area is 192 Å². The van der Waals surface area contributed by atoms with E-state index < -0.39 is 0 Å². The topological polar surface area (TPSA) is 58.2 Å². The lowest BCUT2D eigenvalue weighted by Gasteiger charge is -2.17. The van der Waals surface area contributed by atoms with Crippen molar-refractivity contribution < 1.29 is 4.74 Å². The number of nitrogens with zero attached hydrogens (tertiary/aromatic N) is 2. The van der Waals surface area contributed by atoms with E-state index in [2.05, 4.69) is 14.9 Å². The SMILES string of the molecule is CN(C)CCOc1cccc(-c2c(-c3ccccn3)c[nH]c(=O)c2-c2ccccc2Cl)c1. The molecule has 5 nitrogen and oxygen atoms in total. The predicted molar refractivity (Wildman–Crippen MR) is 130 cm³/mol. The quantitative estimate of drug-likeness (QED) is 0.415. The molecule has 0 bridgehead atoms. The van der Waals surface area contributed by atoms with E-state index in [1.807, 2.05) is 74.8 Å². The molecule has 4 aromatic rings. The highest BCUT2D eigenvalue weighted by Crippen LogP contribution is 2.40. The molecule has 32 heavy (non-hydrogen) atoms. The van der Waals surface area contributed by atoms with Gasteiger partial charge in [-0.3, -0.25) is 9.78 Å². The Morgan fingerprint density at radius 3 is 2.53 bits per heavy atom. The first kappa shape index (κ1) is 21.8. The van der Waals surface area contributed by atoms with Crippen molar-refractivity contribution in [2.75, 3.05) is 27.2 Å². The molecule has 0 spiro atoms. The van der Waals surface area contributed by atoms with Gasteiger partial charge in [-0.2, -0.15) is 0 Å². The average molecular weight is 446 g/mol. The highest BCUT2D eigenvalue weighted by Gasteiger charge is 2.20. The number of aromatic nitrogens is 2. The Hall–Kier alpha value is -3.41. The second-order valence-corrected chi connectivity index (χ2v) is 8.06. The molecule has 0 aliphatic heterocycles. The predicted octanol–water partition coefficient (Wildman–Crippen LogP) is 5.36. The highest BCUT2D eigenvalue weighted by molar-refractivity contribution is 6.33. The minimum absolute atomic E-state index is 0.216. The van der Waals surface area contributed by atoms with Crippen molar-refractivity contribution in [2.24, 2.45) is 0 Å². The lowest BCUT2D eigenvalue weighted by molar-refractivity contribution is 0.261. The van der Waals surface area contributed by atoms with Gasteiger partial charge in [0.05, 0.1) is 11.3 Å². The molecule has 2 heterocycles. The maximum Gasteiger partial charge on any atom is 0.256 e. The fourth-order valence-corrected chi connectivity index (χ4v) is 3.79. The Morgan fingerprint density at radius 2 is 1.78 bits per heavy atom. The van der Waals surface area contributed by atoms with Gasteiger partial charge in [-0.05, 0) is 50.0 Å². The molecule has 0 unspecified atom stereocenters. The third-order valence-corrected chi connectivity index (χ3v) is 5.44. The number of pyridine rings is 2. The smallest absolute Gasteiger partial charge is 0.256 e. The summed E-state index contributed by atoms with van der Waals surface area (Å²) in [6.07, 6.45) is 3.44. The number of hydrogen-bond acceptors (Lipinski definition) is 4. The van der Waals surface area contributed by atoms with Gasteiger partial charge >= 0.3 is 0 Å². The molecule has 2 aromatic heterocycles. The first-order valence-electron chi connectivity index (χ1n) is 10.3. The van der Waals surface area contributed by atoms with Crippen molar-refractivity contribution in [1.29, 1.82) is 0 Å². The van der Waals surface area contributed by atoms with Crippen LogP contribution in [0.5, 0.6) is 5.75 Å². The Bertz CT molecular complexity index is 1270. The van der Waals surface area contributed by atoms with Gasteiger partial charge in [0.1, 0.15) is 12.4 Å². The zero-order chi connectivity index (χ0) is 22.5. The Balaban J connectivity index is 1.93. The zero-order valence-electron chi connectivity index (χ0n) is 18.0. The summed E-state index contributed by atoms with van der Waals surface area (Å²) in [7, 11) is 4.01. The van der Waals surface area contributed by atoms with Gasteiger partial charge in [0, 0.05) is 40.7 Å². The largest absolute Gasteiger partial charge is 0.492 e. The van der Waals surface area contributed by atoms with E-state index in [0.29, 0.717) is 22.8 Å². The molecule has 1 N–H and O–H groups in total. The number of ether oxygens (including phenoxy) is 1. The molecule has 0 saturated carbocycles.